The van der Waals surface area contributed by atoms with Gasteiger partial charge < -0.3 is 5.32 Å². The summed E-state index contributed by atoms with van der Waals surface area (Å²) in [7, 11) is 0. The lowest BCUT2D eigenvalue weighted by Crippen LogP contribution is -2.23. The second-order valence-electron chi connectivity index (χ2n) is 4.10. The Bertz CT molecular complexity index is 395. The minimum atomic E-state index is 0.363. The zero-order valence-corrected chi connectivity index (χ0v) is 11.4. The van der Waals surface area contributed by atoms with Gasteiger partial charge in [-0.15, -0.1) is 11.8 Å². The molecule has 0 aliphatic heterocycles. The summed E-state index contributed by atoms with van der Waals surface area (Å²) in [6, 6.07) is 2.54. The van der Waals surface area contributed by atoms with Crippen LogP contribution in [0.4, 0.5) is 0 Å². The fourth-order valence-corrected chi connectivity index (χ4v) is 2.04. The van der Waals surface area contributed by atoms with E-state index in [9.17, 15) is 0 Å². The van der Waals surface area contributed by atoms with Crippen molar-refractivity contribution in [3.8, 4) is 11.8 Å². The molecule has 1 aromatic heterocycles. The Morgan fingerprint density at radius 3 is 2.82 bits per heavy atom. The van der Waals surface area contributed by atoms with E-state index in [4.69, 9.17) is 0 Å². The monoisotopic (exact) mass is 233 g/mol. The SMILES string of the molecule is CC#CCCC(NCC)c1cc(C)nn1CC. The first-order valence-corrected chi connectivity index (χ1v) is 6.40. The van der Waals surface area contributed by atoms with Crippen LogP contribution in [0, 0.1) is 18.8 Å². The largest absolute Gasteiger partial charge is 0.309 e. The molecule has 1 unspecified atom stereocenters. The van der Waals surface area contributed by atoms with Gasteiger partial charge in [-0.3, -0.25) is 4.68 Å². The molecule has 3 heteroatoms. The fourth-order valence-electron chi connectivity index (χ4n) is 2.04. The average Bonchev–Trinajstić information content (AvgIpc) is 2.69. The maximum Gasteiger partial charge on any atom is 0.0597 e. The maximum absolute atomic E-state index is 4.50. The molecule has 1 atom stereocenters. The summed E-state index contributed by atoms with van der Waals surface area (Å²) in [4.78, 5) is 0. The summed E-state index contributed by atoms with van der Waals surface area (Å²) in [6.45, 7) is 10.1. The van der Waals surface area contributed by atoms with Crippen molar-refractivity contribution in [3.63, 3.8) is 0 Å². The smallest absolute Gasteiger partial charge is 0.0597 e. The van der Waals surface area contributed by atoms with Crippen LogP contribution in [-0.2, 0) is 6.54 Å². The molecule has 1 aromatic rings. The zero-order valence-electron chi connectivity index (χ0n) is 11.4. The van der Waals surface area contributed by atoms with Crippen LogP contribution in [0.1, 0.15) is 51.0 Å². The molecule has 3 nitrogen and oxygen atoms in total. The summed E-state index contributed by atoms with van der Waals surface area (Å²) < 4.78 is 2.09. The minimum absolute atomic E-state index is 0.363. The number of hydrogen-bond acceptors (Lipinski definition) is 2. The van der Waals surface area contributed by atoms with Gasteiger partial charge in [0.2, 0.25) is 0 Å². The average molecular weight is 233 g/mol. The van der Waals surface area contributed by atoms with Crippen molar-refractivity contribution >= 4 is 0 Å². The highest BCUT2D eigenvalue weighted by atomic mass is 15.3. The summed E-state index contributed by atoms with van der Waals surface area (Å²) in [5.74, 6) is 6.08. The molecule has 0 fully saturated rings. The Morgan fingerprint density at radius 1 is 1.47 bits per heavy atom. The number of rotatable bonds is 6. The lowest BCUT2D eigenvalue weighted by molar-refractivity contribution is 0.471. The molecule has 0 aliphatic rings. The summed E-state index contributed by atoms with van der Waals surface area (Å²) in [5.41, 5.74) is 2.37. The Balaban J connectivity index is 2.82. The van der Waals surface area contributed by atoms with E-state index in [-0.39, 0.29) is 0 Å². The van der Waals surface area contributed by atoms with E-state index in [2.05, 4.69) is 46.9 Å². The highest BCUT2D eigenvalue weighted by Gasteiger charge is 2.15. The maximum atomic E-state index is 4.50. The first-order chi connectivity index (χ1) is 8.22. The molecule has 94 valence electrons. The first kappa shape index (κ1) is 13.8. The Labute approximate surface area is 105 Å². The van der Waals surface area contributed by atoms with Crippen LogP contribution in [0.5, 0.6) is 0 Å². The van der Waals surface area contributed by atoms with Crippen molar-refractivity contribution in [1.82, 2.24) is 15.1 Å². The second kappa shape index (κ2) is 7.13. The Hall–Kier alpha value is -1.27. The molecular formula is C14H23N3. The predicted octanol–water partition coefficient (Wildman–Crippen LogP) is 2.67. The molecule has 0 aliphatic carbocycles. The molecule has 0 amide bonds. The molecule has 0 aromatic carbocycles. The third kappa shape index (κ3) is 3.90. The molecule has 0 bridgehead atoms. The molecule has 1 N–H and O–H groups in total. The van der Waals surface area contributed by atoms with Gasteiger partial charge in [-0.25, -0.2) is 0 Å². The number of aromatic nitrogens is 2. The van der Waals surface area contributed by atoms with Crippen LogP contribution in [0.2, 0.25) is 0 Å². The molecule has 1 rings (SSSR count). The van der Waals surface area contributed by atoms with Gasteiger partial charge in [0.05, 0.1) is 17.4 Å². The number of nitrogens with zero attached hydrogens (tertiary/aromatic N) is 2. The van der Waals surface area contributed by atoms with Gasteiger partial charge in [-0.2, -0.15) is 5.10 Å². The van der Waals surface area contributed by atoms with Crippen LogP contribution in [-0.4, -0.2) is 16.3 Å². The van der Waals surface area contributed by atoms with Crippen LogP contribution >= 0.6 is 0 Å². The first-order valence-electron chi connectivity index (χ1n) is 6.40. The quantitative estimate of drug-likeness (QED) is 0.766. The standard InChI is InChI=1S/C14H23N3/c1-5-8-9-10-13(15-6-2)14-11-12(4)16-17(14)7-3/h11,13,15H,6-7,9-10H2,1-4H3. The van der Waals surface area contributed by atoms with Gasteiger partial charge in [0.25, 0.3) is 0 Å². The van der Waals surface area contributed by atoms with Crippen molar-refractivity contribution in [1.29, 1.82) is 0 Å². The molecule has 0 saturated heterocycles. The fraction of sp³-hybridized carbons (Fsp3) is 0.643. The summed E-state index contributed by atoms with van der Waals surface area (Å²) >= 11 is 0. The number of nitrogens with one attached hydrogen (secondary N) is 1. The second-order valence-corrected chi connectivity index (χ2v) is 4.10. The normalized spacial score (nSPS) is 12.0. The number of aryl methyl sites for hydroxylation is 2. The van der Waals surface area contributed by atoms with Gasteiger partial charge in [0.1, 0.15) is 0 Å². The van der Waals surface area contributed by atoms with Gasteiger partial charge in [0.15, 0.2) is 0 Å². The van der Waals surface area contributed by atoms with Gasteiger partial charge in [-0.05, 0) is 39.8 Å². The summed E-state index contributed by atoms with van der Waals surface area (Å²) in [5, 5.41) is 8.02. The van der Waals surface area contributed by atoms with Gasteiger partial charge in [-0.1, -0.05) is 6.92 Å². The van der Waals surface area contributed by atoms with Crippen molar-refractivity contribution in [3.05, 3.63) is 17.5 Å². The van der Waals surface area contributed by atoms with Gasteiger partial charge >= 0.3 is 0 Å². The third-order valence-corrected chi connectivity index (χ3v) is 2.78. The van der Waals surface area contributed by atoms with E-state index in [1.165, 1.54) is 5.69 Å². The van der Waals surface area contributed by atoms with E-state index >= 15 is 0 Å². The van der Waals surface area contributed by atoms with E-state index in [1.54, 1.807) is 0 Å². The lowest BCUT2D eigenvalue weighted by atomic mass is 10.1. The summed E-state index contributed by atoms with van der Waals surface area (Å²) in [6.07, 6.45) is 1.97. The van der Waals surface area contributed by atoms with E-state index < -0.39 is 0 Å². The molecule has 17 heavy (non-hydrogen) atoms. The highest BCUT2D eigenvalue weighted by molar-refractivity contribution is 5.14. The predicted molar refractivity (Wildman–Crippen MR) is 71.7 cm³/mol. The van der Waals surface area contributed by atoms with Crippen LogP contribution in [0.25, 0.3) is 0 Å². The Kier molecular flexibility index (Phi) is 5.79. The molecule has 0 radical (unpaired) electrons. The Morgan fingerprint density at radius 2 is 2.24 bits per heavy atom. The van der Waals surface area contributed by atoms with Gasteiger partial charge in [0, 0.05) is 13.0 Å². The third-order valence-electron chi connectivity index (χ3n) is 2.78. The van der Waals surface area contributed by atoms with E-state index in [1.807, 2.05) is 13.8 Å². The van der Waals surface area contributed by atoms with Crippen molar-refractivity contribution in [2.75, 3.05) is 6.54 Å². The van der Waals surface area contributed by atoms with Crippen LogP contribution < -0.4 is 5.32 Å². The molecular weight excluding hydrogens is 210 g/mol. The van der Waals surface area contributed by atoms with E-state index in [0.717, 1.165) is 31.6 Å². The molecule has 0 spiro atoms. The van der Waals surface area contributed by atoms with E-state index in [0.29, 0.717) is 6.04 Å². The van der Waals surface area contributed by atoms with Crippen LogP contribution in [0.15, 0.2) is 6.07 Å². The van der Waals surface area contributed by atoms with Crippen molar-refractivity contribution in [2.24, 2.45) is 0 Å². The van der Waals surface area contributed by atoms with Crippen molar-refractivity contribution < 1.29 is 0 Å². The molecule has 1 heterocycles. The minimum Gasteiger partial charge on any atom is -0.309 e. The topological polar surface area (TPSA) is 29.9 Å². The number of hydrogen-bond donors (Lipinski definition) is 1. The molecule has 0 saturated carbocycles. The van der Waals surface area contributed by atoms with Crippen LogP contribution in [0.3, 0.4) is 0 Å². The zero-order chi connectivity index (χ0) is 12.7. The lowest BCUT2D eigenvalue weighted by Gasteiger charge is -2.17. The van der Waals surface area contributed by atoms with Crippen molar-refractivity contribution in [2.45, 2.75) is 53.1 Å². The highest BCUT2D eigenvalue weighted by Crippen LogP contribution is 2.19.